The molecule has 0 saturated carbocycles. The summed E-state index contributed by atoms with van der Waals surface area (Å²) in [6.07, 6.45) is 1.34. The standard InChI is InChI=1S/C12H13ClN4O/c13-5-6-16-8-9(7-14)12(18)17-11-3-1-10(15)2-4-11/h1-4,8,16H,5-6,15H2,(H,17,18)/b9-8-. The van der Waals surface area contributed by atoms with Crippen molar-refractivity contribution >= 4 is 28.9 Å². The summed E-state index contributed by atoms with van der Waals surface area (Å²) in [6, 6.07) is 8.46. The summed E-state index contributed by atoms with van der Waals surface area (Å²) in [4.78, 5) is 11.7. The zero-order valence-corrected chi connectivity index (χ0v) is 10.4. The quantitative estimate of drug-likeness (QED) is 0.247. The number of benzene rings is 1. The molecule has 1 rings (SSSR count). The van der Waals surface area contributed by atoms with E-state index in [0.29, 0.717) is 23.8 Å². The normalized spacial score (nSPS) is 10.6. The molecule has 6 heteroatoms. The number of nitrogens with one attached hydrogen (secondary N) is 2. The van der Waals surface area contributed by atoms with Crippen LogP contribution in [0.3, 0.4) is 0 Å². The predicted molar refractivity (Wildman–Crippen MR) is 71.9 cm³/mol. The average molecular weight is 265 g/mol. The van der Waals surface area contributed by atoms with Crippen molar-refractivity contribution in [3.05, 3.63) is 36.0 Å². The first-order chi connectivity index (χ1) is 8.67. The monoisotopic (exact) mass is 264 g/mol. The fourth-order valence-electron chi connectivity index (χ4n) is 1.14. The first-order valence-electron chi connectivity index (χ1n) is 5.24. The van der Waals surface area contributed by atoms with Crippen LogP contribution in [0.4, 0.5) is 11.4 Å². The van der Waals surface area contributed by atoms with Crippen LogP contribution < -0.4 is 16.4 Å². The van der Waals surface area contributed by atoms with Crippen LogP contribution in [0.5, 0.6) is 0 Å². The predicted octanol–water partition coefficient (Wildman–Crippen LogP) is 1.44. The van der Waals surface area contributed by atoms with Crippen molar-refractivity contribution in [2.75, 3.05) is 23.5 Å². The molecule has 1 aromatic rings. The number of hydrogen-bond acceptors (Lipinski definition) is 4. The van der Waals surface area contributed by atoms with E-state index < -0.39 is 5.91 Å². The number of halogens is 1. The molecule has 0 atom stereocenters. The van der Waals surface area contributed by atoms with Gasteiger partial charge in [-0.3, -0.25) is 4.79 Å². The number of nitrogens with zero attached hydrogens (tertiary/aromatic N) is 1. The maximum absolute atomic E-state index is 11.7. The molecule has 18 heavy (non-hydrogen) atoms. The average Bonchev–Trinajstić information content (AvgIpc) is 2.37. The minimum atomic E-state index is -0.482. The molecule has 0 fully saturated rings. The molecule has 1 aromatic carbocycles. The highest BCUT2D eigenvalue weighted by Gasteiger charge is 2.08. The Labute approximate surface area is 110 Å². The summed E-state index contributed by atoms with van der Waals surface area (Å²) in [7, 11) is 0. The van der Waals surface area contributed by atoms with Gasteiger partial charge in [-0.2, -0.15) is 5.26 Å². The second-order valence-electron chi connectivity index (χ2n) is 3.39. The molecule has 5 nitrogen and oxygen atoms in total. The highest BCUT2D eigenvalue weighted by Crippen LogP contribution is 2.11. The van der Waals surface area contributed by atoms with Gasteiger partial charge >= 0.3 is 0 Å². The summed E-state index contributed by atoms with van der Waals surface area (Å²) in [6.45, 7) is 0.488. The molecule has 0 spiro atoms. The van der Waals surface area contributed by atoms with Gasteiger partial charge < -0.3 is 16.4 Å². The van der Waals surface area contributed by atoms with Gasteiger partial charge in [0.05, 0.1) is 0 Å². The van der Waals surface area contributed by atoms with Gasteiger partial charge in [-0.15, -0.1) is 11.6 Å². The van der Waals surface area contributed by atoms with Crippen molar-refractivity contribution in [1.82, 2.24) is 5.32 Å². The first kappa shape index (κ1) is 13.9. The van der Waals surface area contributed by atoms with Crippen LogP contribution in [0.25, 0.3) is 0 Å². The molecule has 4 N–H and O–H groups in total. The Kier molecular flexibility index (Phi) is 5.55. The zero-order chi connectivity index (χ0) is 13.4. The van der Waals surface area contributed by atoms with Crippen molar-refractivity contribution in [3.8, 4) is 6.07 Å². The fraction of sp³-hybridized carbons (Fsp3) is 0.167. The lowest BCUT2D eigenvalue weighted by Crippen LogP contribution is -2.17. The van der Waals surface area contributed by atoms with Gasteiger partial charge in [0, 0.05) is 30.0 Å². The van der Waals surface area contributed by atoms with Crippen LogP contribution >= 0.6 is 11.6 Å². The summed E-state index contributed by atoms with van der Waals surface area (Å²) >= 11 is 5.47. The van der Waals surface area contributed by atoms with E-state index in [1.165, 1.54) is 6.20 Å². The second kappa shape index (κ2) is 7.20. The third kappa shape index (κ3) is 4.36. The first-order valence-corrected chi connectivity index (χ1v) is 5.77. The number of carbonyl (C=O) groups is 1. The highest BCUT2D eigenvalue weighted by atomic mass is 35.5. The molecule has 0 aliphatic rings. The lowest BCUT2D eigenvalue weighted by molar-refractivity contribution is -0.112. The summed E-state index contributed by atoms with van der Waals surface area (Å²) in [5, 5.41) is 14.2. The Balaban J connectivity index is 2.66. The van der Waals surface area contributed by atoms with E-state index in [2.05, 4.69) is 10.6 Å². The third-order valence-electron chi connectivity index (χ3n) is 2.02. The van der Waals surface area contributed by atoms with Crippen LogP contribution in [0.2, 0.25) is 0 Å². The highest BCUT2D eigenvalue weighted by molar-refractivity contribution is 6.18. The summed E-state index contributed by atoms with van der Waals surface area (Å²) in [5.41, 5.74) is 6.69. The maximum Gasteiger partial charge on any atom is 0.267 e. The Hall–Kier alpha value is -2.19. The molecule has 94 valence electrons. The lowest BCUT2D eigenvalue weighted by Gasteiger charge is -2.04. The Bertz CT molecular complexity index is 476. The van der Waals surface area contributed by atoms with Crippen molar-refractivity contribution in [1.29, 1.82) is 5.26 Å². The third-order valence-corrected chi connectivity index (χ3v) is 2.21. The van der Waals surface area contributed by atoms with E-state index >= 15 is 0 Å². The second-order valence-corrected chi connectivity index (χ2v) is 3.77. The van der Waals surface area contributed by atoms with Crippen LogP contribution in [0.15, 0.2) is 36.0 Å². The molecule has 0 radical (unpaired) electrons. The number of nitrogen functional groups attached to an aromatic ring is 1. The van der Waals surface area contributed by atoms with Gasteiger partial charge in [-0.05, 0) is 24.3 Å². The molecule has 1 amide bonds. The molecule has 0 saturated heterocycles. The van der Waals surface area contributed by atoms with Crippen molar-refractivity contribution < 1.29 is 4.79 Å². The Morgan fingerprint density at radius 3 is 2.67 bits per heavy atom. The van der Waals surface area contributed by atoms with Gasteiger partial charge in [-0.1, -0.05) is 0 Å². The van der Waals surface area contributed by atoms with Gasteiger partial charge in [-0.25, -0.2) is 0 Å². The fourth-order valence-corrected chi connectivity index (χ4v) is 1.25. The van der Waals surface area contributed by atoms with E-state index in [0.717, 1.165) is 0 Å². The molecular formula is C12H13ClN4O. The molecule has 0 aromatic heterocycles. The van der Waals surface area contributed by atoms with E-state index in [9.17, 15) is 4.79 Å². The van der Waals surface area contributed by atoms with Crippen molar-refractivity contribution in [3.63, 3.8) is 0 Å². The number of anilines is 2. The zero-order valence-electron chi connectivity index (χ0n) is 9.61. The van der Waals surface area contributed by atoms with Gasteiger partial charge in [0.1, 0.15) is 11.6 Å². The van der Waals surface area contributed by atoms with Gasteiger partial charge in [0.25, 0.3) is 5.91 Å². The lowest BCUT2D eigenvalue weighted by atomic mass is 10.2. The SMILES string of the molecule is N#C/C(=C/NCCCl)C(=O)Nc1ccc(N)cc1. The van der Waals surface area contributed by atoms with Crippen LogP contribution in [0.1, 0.15) is 0 Å². The molecule has 0 bridgehead atoms. The summed E-state index contributed by atoms with van der Waals surface area (Å²) in [5.74, 6) is -0.0845. The van der Waals surface area contributed by atoms with Gasteiger partial charge in [0.15, 0.2) is 0 Å². The van der Waals surface area contributed by atoms with Crippen molar-refractivity contribution in [2.45, 2.75) is 0 Å². The largest absolute Gasteiger partial charge is 0.399 e. The maximum atomic E-state index is 11.7. The Morgan fingerprint density at radius 1 is 1.44 bits per heavy atom. The number of hydrogen-bond donors (Lipinski definition) is 3. The number of amides is 1. The summed E-state index contributed by atoms with van der Waals surface area (Å²) < 4.78 is 0. The number of nitriles is 1. The number of rotatable bonds is 5. The minimum Gasteiger partial charge on any atom is -0.399 e. The molecule has 0 aliphatic heterocycles. The molecular weight excluding hydrogens is 252 g/mol. The van der Waals surface area contributed by atoms with E-state index in [1.807, 2.05) is 6.07 Å². The van der Waals surface area contributed by atoms with Crippen molar-refractivity contribution in [2.24, 2.45) is 0 Å². The molecule has 0 aliphatic carbocycles. The van der Waals surface area contributed by atoms with E-state index in [1.54, 1.807) is 24.3 Å². The molecule has 0 unspecified atom stereocenters. The topological polar surface area (TPSA) is 90.9 Å². The number of carbonyl (C=O) groups excluding carboxylic acids is 1. The Morgan fingerprint density at radius 2 is 2.11 bits per heavy atom. The smallest absolute Gasteiger partial charge is 0.267 e. The molecule has 0 heterocycles. The van der Waals surface area contributed by atoms with Crippen LogP contribution in [-0.2, 0) is 4.79 Å². The van der Waals surface area contributed by atoms with Crippen LogP contribution in [-0.4, -0.2) is 18.3 Å². The number of alkyl halides is 1. The van der Waals surface area contributed by atoms with Gasteiger partial charge in [0.2, 0.25) is 0 Å². The minimum absolute atomic E-state index is 0.0167. The number of nitrogens with two attached hydrogens (primary N) is 1. The van der Waals surface area contributed by atoms with E-state index in [-0.39, 0.29) is 5.57 Å². The van der Waals surface area contributed by atoms with Crippen LogP contribution in [0, 0.1) is 11.3 Å². The van der Waals surface area contributed by atoms with E-state index in [4.69, 9.17) is 22.6 Å².